The lowest BCUT2D eigenvalue weighted by Gasteiger charge is -2.20. The Morgan fingerprint density at radius 1 is 1.20 bits per heavy atom. The molecule has 0 radical (unpaired) electrons. The first-order chi connectivity index (χ1) is 13.9. The van der Waals surface area contributed by atoms with E-state index in [0.717, 1.165) is 12.3 Å². The fourth-order valence-electron chi connectivity index (χ4n) is 3.14. The molecule has 0 bridgehead atoms. The number of halogens is 3. The van der Waals surface area contributed by atoms with E-state index in [4.69, 9.17) is 4.74 Å². The minimum atomic E-state index is -4.58. The molecule has 10 heteroatoms. The highest BCUT2D eigenvalue weighted by Crippen LogP contribution is 2.33. The number of nitrogens with zero attached hydrogens (tertiary/aromatic N) is 2. The standard InChI is InChI=1S/C20H21F3N2O4S/c1-4-30(27,28)15-5-6-17(29-12(2)3)16(8-15)19(26)25-10-13-7-18(20(21,22)23)24-9-14(13)11-25/h5-9,12H,4,10-11H2,1-3H3. The van der Waals surface area contributed by atoms with Crippen molar-refractivity contribution in [3.8, 4) is 5.75 Å². The molecule has 2 aromatic rings. The number of fused-ring (bicyclic) bond motifs is 1. The zero-order valence-electron chi connectivity index (χ0n) is 16.7. The van der Waals surface area contributed by atoms with Crippen LogP contribution in [0, 0.1) is 0 Å². The summed E-state index contributed by atoms with van der Waals surface area (Å²) in [4.78, 5) is 17.9. The van der Waals surface area contributed by atoms with Crippen molar-refractivity contribution in [3.05, 3.63) is 52.8 Å². The fourth-order valence-corrected chi connectivity index (χ4v) is 4.05. The zero-order valence-corrected chi connectivity index (χ0v) is 17.5. The highest BCUT2D eigenvalue weighted by atomic mass is 32.2. The Bertz CT molecular complexity index is 1080. The van der Waals surface area contributed by atoms with Crippen LogP contribution < -0.4 is 4.74 Å². The van der Waals surface area contributed by atoms with Crippen LogP contribution >= 0.6 is 0 Å². The van der Waals surface area contributed by atoms with Crippen LogP contribution in [0.15, 0.2) is 35.4 Å². The summed E-state index contributed by atoms with van der Waals surface area (Å²) < 4.78 is 69.0. The number of hydrogen-bond acceptors (Lipinski definition) is 5. The SMILES string of the molecule is CCS(=O)(=O)c1ccc(OC(C)C)c(C(=O)N2Cc3cnc(C(F)(F)F)cc3C2)c1. The Labute approximate surface area is 172 Å². The minimum Gasteiger partial charge on any atom is -0.490 e. The van der Waals surface area contributed by atoms with Gasteiger partial charge < -0.3 is 9.64 Å². The van der Waals surface area contributed by atoms with Crippen molar-refractivity contribution in [1.29, 1.82) is 0 Å². The van der Waals surface area contributed by atoms with Crippen LogP contribution in [0.1, 0.15) is 48.0 Å². The number of hydrogen-bond donors (Lipinski definition) is 0. The van der Waals surface area contributed by atoms with Gasteiger partial charge in [0, 0.05) is 19.3 Å². The maximum absolute atomic E-state index is 13.2. The van der Waals surface area contributed by atoms with Crippen LogP contribution in [-0.2, 0) is 29.1 Å². The average Bonchev–Trinajstić information content (AvgIpc) is 3.09. The number of alkyl halides is 3. The van der Waals surface area contributed by atoms with E-state index in [-0.39, 0.29) is 41.2 Å². The van der Waals surface area contributed by atoms with E-state index in [1.54, 1.807) is 13.8 Å². The fraction of sp³-hybridized carbons (Fsp3) is 0.400. The molecule has 162 valence electrons. The predicted molar refractivity (Wildman–Crippen MR) is 103 cm³/mol. The molecule has 2 heterocycles. The summed E-state index contributed by atoms with van der Waals surface area (Å²) in [6.07, 6.45) is -3.72. The van der Waals surface area contributed by atoms with Crippen molar-refractivity contribution in [2.75, 3.05) is 5.75 Å². The summed E-state index contributed by atoms with van der Waals surface area (Å²) in [5.41, 5.74) is -0.0974. The van der Waals surface area contributed by atoms with Gasteiger partial charge in [-0.25, -0.2) is 8.42 Å². The van der Waals surface area contributed by atoms with Crippen molar-refractivity contribution in [2.24, 2.45) is 0 Å². The van der Waals surface area contributed by atoms with Gasteiger partial charge in [0.15, 0.2) is 9.84 Å². The number of sulfone groups is 1. The highest BCUT2D eigenvalue weighted by Gasteiger charge is 2.35. The Morgan fingerprint density at radius 3 is 2.47 bits per heavy atom. The third-order valence-electron chi connectivity index (χ3n) is 4.67. The molecule has 0 spiro atoms. The molecule has 0 atom stereocenters. The number of pyridine rings is 1. The number of amides is 1. The molecule has 6 nitrogen and oxygen atoms in total. The smallest absolute Gasteiger partial charge is 0.433 e. The van der Waals surface area contributed by atoms with Crippen molar-refractivity contribution >= 4 is 15.7 Å². The van der Waals surface area contributed by atoms with Gasteiger partial charge in [0.25, 0.3) is 5.91 Å². The van der Waals surface area contributed by atoms with Gasteiger partial charge in [-0.05, 0) is 49.2 Å². The Balaban J connectivity index is 1.96. The van der Waals surface area contributed by atoms with Gasteiger partial charge in [-0.2, -0.15) is 13.2 Å². The molecular weight excluding hydrogens is 421 g/mol. The molecule has 1 aliphatic rings. The van der Waals surface area contributed by atoms with Crippen LogP contribution in [0.4, 0.5) is 13.2 Å². The van der Waals surface area contributed by atoms with Crippen LogP contribution in [0.2, 0.25) is 0 Å². The van der Waals surface area contributed by atoms with Gasteiger partial charge in [-0.1, -0.05) is 6.92 Å². The maximum Gasteiger partial charge on any atom is 0.433 e. The molecule has 0 unspecified atom stereocenters. The van der Waals surface area contributed by atoms with E-state index in [1.165, 1.54) is 30.0 Å². The lowest BCUT2D eigenvalue weighted by molar-refractivity contribution is -0.141. The van der Waals surface area contributed by atoms with E-state index in [1.807, 2.05) is 0 Å². The monoisotopic (exact) mass is 442 g/mol. The van der Waals surface area contributed by atoms with E-state index in [9.17, 15) is 26.4 Å². The summed E-state index contributed by atoms with van der Waals surface area (Å²) in [5.74, 6) is -0.440. The molecule has 1 amide bonds. The number of aromatic nitrogens is 1. The van der Waals surface area contributed by atoms with Crippen LogP contribution in [-0.4, -0.2) is 36.1 Å². The second-order valence-electron chi connectivity index (χ2n) is 7.23. The van der Waals surface area contributed by atoms with Crippen molar-refractivity contribution in [2.45, 2.75) is 51.0 Å². The maximum atomic E-state index is 13.2. The molecular formula is C20H21F3N2O4S. The third kappa shape index (κ3) is 4.43. The number of carbonyl (C=O) groups excluding carboxylic acids is 1. The van der Waals surface area contributed by atoms with Crippen LogP contribution in [0.3, 0.4) is 0 Å². The van der Waals surface area contributed by atoms with Gasteiger partial charge >= 0.3 is 6.18 Å². The first-order valence-electron chi connectivity index (χ1n) is 9.30. The van der Waals surface area contributed by atoms with Gasteiger partial charge in [0.1, 0.15) is 11.4 Å². The summed E-state index contributed by atoms with van der Waals surface area (Å²) in [6.45, 7) is 5.07. The number of rotatable bonds is 5. The predicted octanol–water partition coefficient (Wildman–Crippen LogP) is 3.84. The first-order valence-corrected chi connectivity index (χ1v) is 11.0. The minimum absolute atomic E-state index is 0.0119. The molecule has 30 heavy (non-hydrogen) atoms. The molecule has 0 N–H and O–H groups in total. The summed E-state index contributed by atoms with van der Waals surface area (Å²) in [6, 6.07) is 5.02. The zero-order chi connectivity index (χ0) is 22.3. The lowest BCUT2D eigenvalue weighted by atomic mass is 10.1. The largest absolute Gasteiger partial charge is 0.490 e. The molecule has 0 saturated carbocycles. The second-order valence-corrected chi connectivity index (χ2v) is 9.50. The normalized spacial score (nSPS) is 14.2. The van der Waals surface area contributed by atoms with Gasteiger partial charge in [0.05, 0.1) is 22.3 Å². The average molecular weight is 442 g/mol. The Morgan fingerprint density at radius 2 is 1.87 bits per heavy atom. The summed E-state index contributed by atoms with van der Waals surface area (Å²) >= 11 is 0. The molecule has 0 aliphatic carbocycles. The molecule has 1 aromatic carbocycles. The molecule has 3 rings (SSSR count). The van der Waals surface area contributed by atoms with Gasteiger partial charge in [-0.3, -0.25) is 9.78 Å². The van der Waals surface area contributed by atoms with Crippen molar-refractivity contribution in [3.63, 3.8) is 0 Å². The molecule has 1 aromatic heterocycles. The summed E-state index contributed by atoms with van der Waals surface area (Å²) in [7, 11) is -3.56. The number of carbonyl (C=O) groups is 1. The van der Waals surface area contributed by atoms with E-state index >= 15 is 0 Å². The van der Waals surface area contributed by atoms with Crippen LogP contribution in [0.5, 0.6) is 5.75 Å². The van der Waals surface area contributed by atoms with Crippen molar-refractivity contribution < 1.29 is 31.1 Å². The quantitative estimate of drug-likeness (QED) is 0.703. The lowest BCUT2D eigenvalue weighted by Crippen LogP contribution is -2.26. The van der Waals surface area contributed by atoms with E-state index < -0.39 is 27.6 Å². The van der Waals surface area contributed by atoms with Crippen molar-refractivity contribution in [1.82, 2.24) is 9.88 Å². The van der Waals surface area contributed by atoms with E-state index in [0.29, 0.717) is 11.1 Å². The topological polar surface area (TPSA) is 76.6 Å². The molecule has 1 aliphatic heterocycles. The number of ether oxygens (including phenoxy) is 1. The van der Waals surface area contributed by atoms with E-state index in [2.05, 4.69) is 4.98 Å². The molecule has 0 fully saturated rings. The van der Waals surface area contributed by atoms with Gasteiger partial charge in [-0.15, -0.1) is 0 Å². The highest BCUT2D eigenvalue weighted by molar-refractivity contribution is 7.91. The second kappa shape index (κ2) is 7.90. The Hall–Kier alpha value is -2.62. The first kappa shape index (κ1) is 22.1. The Kier molecular flexibility index (Phi) is 5.81. The summed E-state index contributed by atoms with van der Waals surface area (Å²) in [5, 5.41) is 0. The number of benzene rings is 1. The molecule has 0 saturated heterocycles. The van der Waals surface area contributed by atoms with Gasteiger partial charge in [0.2, 0.25) is 0 Å². The van der Waals surface area contributed by atoms with Crippen LogP contribution in [0.25, 0.3) is 0 Å². The third-order valence-corrected chi connectivity index (χ3v) is 6.40.